The Morgan fingerprint density at radius 1 is 1.21 bits per heavy atom. The fourth-order valence-electron chi connectivity index (χ4n) is 1.81. The molecule has 0 radical (unpaired) electrons. The molecule has 0 aromatic heterocycles. The summed E-state index contributed by atoms with van der Waals surface area (Å²) in [5.74, 6) is 2.35. The maximum Gasteiger partial charge on any atom is 0.190 e. The van der Waals surface area contributed by atoms with Gasteiger partial charge in [0, 0.05) is 20.6 Å². The fourth-order valence-corrected chi connectivity index (χ4v) is 1.81. The number of guanidine groups is 1. The van der Waals surface area contributed by atoms with Gasteiger partial charge in [-0.2, -0.15) is 0 Å². The van der Waals surface area contributed by atoms with E-state index in [0.29, 0.717) is 0 Å². The first-order valence-corrected chi connectivity index (χ1v) is 6.34. The smallest absolute Gasteiger partial charge is 0.190 e. The minimum absolute atomic E-state index is 0.764. The predicted octanol–water partition coefficient (Wildman–Crippen LogP) is 1.43. The van der Waals surface area contributed by atoms with Gasteiger partial charge in [-0.05, 0) is 30.5 Å². The van der Waals surface area contributed by atoms with Gasteiger partial charge in [-0.25, -0.2) is 0 Å². The fraction of sp³-hybridized carbons (Fsp3) is 0.500. The Morgan fingerprint density at radius 2 is 1.95 bits per heavy atom. The van der Waals surface area contributed by atoms with Crippen LogP contribution in [0.2, 0.25) is 0 Å². The Hall–Kier alpha value is -1.91. The van der Waals surface area contributed by atoms with E-state index in [9.17, 15) is 0 Å². The van der Waals surface area contributed by atoms with Crippen molar-refractivity contribution in [3.05, 3.63) is 23.8 Å². The van der Waals surface area contributed by atoms with E-state index < -0.39 is 0 Å². The number of aryl methyl sites for hydroxylation is 1. The summed E-state index contributed by atoms with van der Waals surface area (Å²) in [5, 5.41) is 6.21. The molecule has 0 saturated heterocycles. The average molecular weight is 265 g/mol. The molecular formula is C14H23N3O2. The van der Waals surface area contributed by atoms with E-state index >= 15 is 0 Å². The van der Waals surface area contributed by atoms with Crippen molar-refractivity contribution in [2.45, 2.75) is 12.8 Å². The van der Waals surface area contributed by atoms with Crippen LogP contribution >= 0.6 is 0 Å². The molecule has 0 saturated carbocycles. The Labute approximate surface area is 115 Å². The zero-order chi connectivity index (χ0) is 14.1. The number of benzene rings is 1. The van der Waals surface area contributed by atoms with E-state index in [4.69, 9.17) is 9.47 Å². The standard InChI is InChI=1S/C14H23N3O2/c1-15-14(16-2)17-9-5-6-11-7-8-12(18-3)13(10-11)19-4/h7-8,10H,5-6,9H2,1-4H3,(H2,15,16,17). The summed E-state index contributed by atoms with van der Waals surface area (Å²) in [5.41, 5.74) is 1.24. The van der Waals surface area contributed by atoms with Crippen LogP contribution in [-0.2, 0) is 6.42 Å². The molecule has 0 heterocycles. The van der Waals surface area contributed by atoms with Gasteiger partial charge in [-0.3, -0.25) is 4.99 Å². The van der Waals surface area contributed by atoms with Crippen molar-refractivity contribution in [1.82, 2.24) is 10.6 Å². The third kappa shape index (κ3) is 4.69. The van der Waals surface area contributed by atoms with E-state index in [1.165, 1.54) is 5.56 Å². The number of nitrogens with one attached hydrogen (secondary N) is 2. The summed E-state index contributed by atoms with van der Waals surface area (Å²) in [7, 11) is 6.90. The first kappa shape index (κ1) is 15.1. The van der Waals surface area contributed by atoms with Crippen molar-refractivity contribution in [2.24, 2.45) is 4.99 Å². The predicted molar refractivity (Wildman–Crippen MR) is 78.3 cm³/mol. The maximum atomic E-state index is 5.29. The molecule has 106 valence electrons. The van der Waals surface area contributed by atoms with E-state index in [1.807, 2.05) is 19.2 Å². The van der Waals surface area contributed by atoms with E-state index in [1.54, 1.807) is 21.3 Å². The van der Waals surface area contributed by atoms with Crippen LogP contribution in [0.5, 0.6) is 11.5 Å². The summed E-state index contributed by atoms with van der Waals surface area (Å²) in [6, 6.07) is 6.02. The molecule has 1 aromatic rings. The van der Waals surface area contributed by atoms with Crippen LogP contribution in [0.4, 0.5) is 0 Å². The summed E-state index contributed by atoms with van der Waals surface area (Å²) in [4.78, 5) is 4.06. The molecule has 0 amide bonds. The van der Waals surface area contributed by atoms with Gasteiger partial charge in [0.05, 0.1) is 14.2 Å². The molecule has 0 aliphatic heterocycles. The van der Waals surface area contributed by atoms with Crippen molar-refractivity contribution in [2.75, 3.05) is 34.9 Å². The lowest BCUT2D eigenvalue weighted by Gasteiger charge is -2.10. The van der Waals surface area contributed by atoms with Gasteiger partial charge >= 0.3 is 0 Å². The van der Waals surface area contributed by atoms with Crippen molar-refractivity contribution < 1.29 is 9.47 Å². The van der Waals surface area contributed by atoms with Gasteiger partial charge in [0.15, 0.2) is 17.5 Å². The zero-order valence-corrected chi connectivity index (χ0v) is 12.1. The number of rotatable bonds is 6. The molecule has 1 aromatic carbocycles. The van der Waals surface area contributed by atoms with Gasteiger partial charge < -0.3 is 20.1 Å². The molecule has 0 aliphatic carbocycles. The number of methoxy groups -OCH3 is 2. The largest absolute Gasteiger partial charge is 0.493 e. The first-order chi connectivity index (χ1) is 9.24. The lowest BCUT2D eigenvalue weighted by atomic mass is 10.1. The lowest BCUT2D eigenvalue weighted by molar-refractivity contribution is 0.354. The summed E-state index contributed by atoms with van der Waals surface area (Å²) >= 11 is 0. The van der Waals surface area contributed by atoms with Gasteiger partial charge in [0.1, 0.15) is 0 Å². The molecule has 0 spiro atoms. The Morgan fingerprint density at radius 3 is 2.53 bits per heavy atom. The van der Waals surface area contributed by atoms with Gasteiger partial charge in [0.2, 0.25) is 0 Å². The van der Waals surface area contributed by atoms with Crippen molar-refractivity contribution in [3.8, 4) is 11.5 Å². The van der Waals surface area contributed by atoms with Gasteiger partial charge in [-0.1, -0.05) is 6.07 Å². The Balaban J connectivity index is 2.45. The topological polar surface area (TPSA) is 54.9 Å². The molecule has 0 unspecified atom stereocenters. The summed E-state index contributed by atoms with van der Waals surface area (Å²) in [6.45, 7) is 0.877. The van der Waals surface area contributed by atoms with Crippen LogP contribution in [0, 0.1) is 0 Å². The van der Waals surface area contributed by atoms with E-state index in [2.05, 4.69) is 21.7 Å². The third-order valence-electron chi connectivity index (χ3n) is 2.84. The summed E-state index contributed by atoms with van der Waals surface area (Å²) < 4.78 is 10.5. The zero-order valence-electron chi connectivity index (χ0n) is 12.1. The quantitative estimate of drug-likeness (QED) is 0.464. The van der Waals surface area contributed by atoms with Crippen LogP contribution in [-0.4, -0.2) is 40.8 Å². The highest BCUT2D eigenvalue weighted by Gasteiger charge is 2.04. The van der Waals surface area contributed by atoms with Crippen LogP contribution in [0.3, 0.4) is 0 Å². The number of hydrogen-bond donors (Lipinski definition) is 2. The SMILES string of the molecule is CN=C(NC)NCCCc1ccc(OC)c(OC)c1. The van der Waals surface area contributed by atoms with Crippen LogP contribution in [0.15, 0.2) is 23.2 Å². The number of hydrogen-bond acceptors (Lipinski definition) is 3. The molecular weight excluding hydrogens is 242 g/mol. The van der Waals surface area contributed by atoms with E-state index in [-0.39, 0.29) is 0 Å². The van der Waals surface area contributed by atoms with Crippen LogP contribution < -0.4 is 20.1 Å². The third-order valence-corrected chi connectivity index (χ3v) is 2.84. The maximum absolute atomic E-state index is 5.29. The highest BCUT2D eigenvalue weighted by molar-refractivity contribution is 5.79. The average Bonchev–Trinajstić information content (AvgIpc) is 2.47. The molecule has 0 fully saturated rings. The molecule has 0 atom stereocenters. The van der Waals surface area contributed by atoms with Crippen molar-refractivity contribution >= 4 is 5.96 Å². The second-order valence-electron chi connectivity index (χ2n) is 4.04. The van der Waals surface area contributed by atoms with E-state index in [0.717, 1.165) is 36.8 Å². The minimum atomic E-state index is 0.764. The number of nitrogens with zero attached hydrogens (tertiary/aromatic N) is 1. The van der Waals surface area contributed by atoms with Crippen LogP contribution in [0.25, 0.3) is 0 Å². The highest BCUT2D eigenvalue weighted by Crippen LogP contribution is 2.27. The normalized spacial score (nSPS) is 11.1. The molecule has 0 bridgehead atoms. The minimum Gasteiger partial charge on any atom is -0.493 e. The summed E-state index contributed by atoms with van der Waals surface area (Å²) in [6.07, 6.45) is 2.00. The molecule has 2 N–H and O–H groups in total. The van der Waals surface area contributed by atoms with Gasteiger partial charge in [0.25, 0.3) is 0 Å². The van der Waals surface area contributed by atoms with Crippen molar-refractivity contribution in [3.63, 3.8) is 0 Å². The lowest BCUT2D eigenvalue weighted by Crippen LogP contribution is -2.35. The monoisotopic (exact) mass is 265 g/mol. The second kappa shape index (κ2) is 8.24. The molecule has 19 heavy (non-hydrogen) atoms. The number of aliphatic imine (C=N–C) groups is 1. The Bertz CT molecular complexity index is 419. The highest BCUT2D eigenvalue weighted by atomic mass is 16.5. The number of ether oxygens (including phenoxy) is 2. The first-order valence-electron chi connectivity index (χ1n) is 6.34. The molecule has 1 rings (SSSR count). The van der Waals surface area contributed by atoms with Crippen LogP contribution in [0.1, 0.15) is 12.0 Å². The molecule has 5 heteroatoms. The molecule has 0 aliphatic rings. The van der Waals surface area contributed by atoms with Gasteiger partial charge in [-0.15, -0.1) is 0 Å². The Kier molecular flexibility index (Phi) is 6.57. The molecule has 5 nitrogen and oxygen atoms in total. The second-order valence-corrected chi connectivity index (χ2v) is 4.04. The van der Waals surface area contributed by atoms with Crippen molar-refractivity contribution in [1.29, 1.82) is 0 Å².